The van der Waals surface area contributed by atoms with Gasteiger partial charge in [0.15, 0.2) is 0 Å². The van der Waals surface area contributed by atoms with E-state index in [1.807, 2.05) is 47.9 Å². The highest BCUT2D eigenvalue weighted by Crippen LogP contribution is 2.22. The molecule has 2 rings (SSSR count). The van der Waals surface area contributed by atoms with Gasteiger partial charge in [-0.15, -0.1) is 0 Å². The highest BCUT2D eigenvalue weighted by Gasteiger charge is 2.10. The minimum Gasteiger partial charge on any atom is -0.466 e. The molecule has 0 aliphatic rings. The number of rotatable bonds is 4. The van der Waals surface area contributed by atoms with Gasteiger partial charge >= 0.3 is 5.97 Å². The summed E-state index contributed by atoms with van der Waals surface area (Å²) in [5.74, 6) is -0.0902. The van der Waals surface area contributed by atoms with Gasteiger partial charge in [-0.3, -0.25) is 0 Å². The molecule has 0 radical (unpaired) electrons. The maximum Gasteiger partial charge on any atom is 0.334 e. The minimum atomic E-state index is -0.402. The first-order valence-corrected chi connectivity index (χ1v) is 7.02. The average Bonchev–Trinajstić information content (AvgIpc) is 2.50. The average molecular weight is 283 g/mol. The summed E-state index contributed by atoms with van der Waals surface area (Å²) in [6.45, 7) is 0. The van der Waals surface area contributed by atoms with Crippen molar-refractivity contribution in [3.05, 3.63) is 53.6 Å². The Hall–Kier alpha value is -2.25. The van der Waals surface area contributed by atoms with Gasteiger partial charge < -0.3 is 4.74 Å². The number of nitriles is 1. The fraction of sp³-hybridized carbons (Fsp3) is 0.125. The zero-order valence-corrected chi connectivity index (χ0v) is 11.8. The monoisotopic (exact) mass is 283 g/mol. The Balaban J connectivity index is 2.48. The Labute approximate surface area is 121 Å². The molecule has 0 fully saturated rings. The van der Waals surface area contributed by atoms with Crippen LogP contribution in [0.1, 0.15) is 5.56 Å². The molecule has 3 nitrogen and oxygen atoms in total. The number of hydrogen-bond donors (Lipinski definition) is 0. The van der Waals surface area contributed by atoms with Crippen LogP contribution >= 0.6 is 11.8 Å². The molecule has 20 heavy (non-hydrogen) atoms. The first-order chi connectivity index (χ1) is 9.76. The Bertz CT molecular complexity index is 696. The van der Waals surface area contributed by atoms with Crippen LogP contribution in [0.15, 0.2) is 48.0 Å². The normalized spacial score (nSPS) is 11.1. The summed E-state index contributed by atoms with van der Waals surface area (Å²) in [6, 6.07) is 13.9. The lowest BCUT2D eigenvalue weighted by atomic mass is 10.0. The summed E-state index contributed by atoms with van der Waals surface area (Å²) >= 11 is 1.02. The van der Waals surface area contributed by atoms with Crippen LogP contribution in [0.4, 0.5) is 0 Å². The van der Waals surface area contributed by atoms with Gasteiger partial charge in [0.05, 0.1) is 7.11 Å². The van der Waals surface area contributed by atoms with Crippen LogP contribution in [0.25, 0.3) is 16.8 Å². The smallest absolute Gasteiger partial charge is 0.334 e. The second-order valence-electron chi connectivity index (χ2n) is 4.11. The number of carbonyl (C=O) groups is 1. The van der Waals surface area contributed by atoms with E-state index in [4.69, 9.17) is 10.00 Å². The standard InChI is InChI=1S/C16H13NO2S/c1-19-16(18)14(10-20-11-17)9-13-7-4-6-12-5-2-3-8-15(12)13/h2-9H,10H2,1H3/b14-9+. The molecule has 2 aromatic rings. The molecule has 4 heteroatoms. The number of nitrogens with zero attached hydrogens (tertiary/aromatic N) is 1. The van der Waals surface area contributed by atoms with Crippen LogP contribution in [-0.4, -0.2) is 18.8 Å². The summed E-state index contributed by atoms with van der Waals surface area (Å²) in [6.07, 6.45) is 1.79. The summed E-state index contributed by atoms with van der Waals surface area (Å²) in [7, 11) is 1.34. The molecular formula is C16H13NO2S. The maximum absolute atomic E-state index is 11.7. The number of esters is 1. The van der Waals surface area contributed by atoms with Crippen LogP contribution in [0.3, 0.4) is 0 Å². The minimum absolute atomic E-state index is 0.312. The first-order valence-electron chi connectivity index (χ1n) is 6.04. The fourth-order valence-corrected chi connectivity index (χ4v) is 2.39. The third-order valence-electron chi connectivity index (χ3n) is 2.89. The third-order valence-corrected chi connectivity index (χ3v) is 3.48. The van der Waals surface area contributed by atoms with Crippen molar-refractivity contribution in [3.63, 3.8) is 0 Å². The van der Waals surface area contributed by atoms with Crippen molar-refractivity contribution in [1.82, 2.24) is 0 Å². The Morgan fingerprint density at radius 3 is 2.80 bits per heavy atom. The van der Waals surface area contributed by atoms with Crippen LogP contribution in [0.2, 0.25) is 0 Å². The van der Waals surface area contributed by atoms with Gasteiger partial charge in [0.2, 0.25) is 0 Å². The molecular weight excluding hydrogens is 270 g/mol. The molecule has 0 saturated heterocycles. The predicted octanol–water partition coefficient (Wildman–Crippen LogP) is 3.61. The van der Waals surface area contributed by atoms with E-state index in [1.54, 1.807) is 6.08 Å². The summed E-state index contributed by atoms with van der Waals surface area (Å²) in [4.78, 5) is 11.7. The lowest BCUT2D eigenvalue weighted by molar-refractivity contribution is -0.135. The summed E-state index contributed by atoms with van der Waals surface area (Å²) < 4.78 is 4.76. The molecule has 2 aromatic carbocycles. The molecule has 0 atom stereocenters. The second-order valence-corrected chi connectivity index (χ2v) is 4.87. The molecule has 0 bridgehead atoms. The SMILES string of the molecule is COC(=O)/C(=C/c1cccc2ccccc12)CSC#N. The van der Waals surface area contributed by atoms with Gasteiger partial charge in [-0.05, 0) is 34.2 Å². The van der Waals surface area contributed by atoms with E-state index >= 15 is 0 Å². The summed E-state index contributed by atoms with van der Waals surface area (Å²) in [5, 5.41) is 12.8. The van der Waals surface area contributed by atoms with E-state index in [0.717, 1.165) is 28.1 Å². The number of hydrogen-bond acceptors (Lipinski definition) is 4. The molecule has 0 N–H and O–H groups in total. The third kappa shape index (κ3) is 3.19. The lowest BCUT2D eigenvalue weighted by Gasteiger charge is -2.05. The zero-order chi connectivity index (χ0) is 14.4. The van der Waals surface area contributed by atoms with Crippen molar-refractivity contribution < 1.29 is 9.53 Å². The van der Waals surface area contributed by atoms with E-state index in [-0.39, 0.29) is 0 Å². The predicted molar refractivity (Wildman–Crippen MR) is 82.0 cm³/mol. The van der Waals surface area contributed by atoms with Crippen molar-refractivity contribution in [2.75, 3.05) is 12.9 Å². The highest BCUT2D eigenvalue weighted by atomic mass is 32.2. The van der Waals surface area contributed by atoms with Gasteiger partial charge in [-0.1, -0.05) is 42.5 Å². The van der Waals surface area contributed by atoms with Gasteiger partial charge in [0.1, 0.15) is 5.40 Å². The van der Waals surface area contributed by atoms with Crippen LogP contribution < -0.4 is 0 Å². The van der Waals surface area contributed by atoms with E-state index in [0.29, 0.717) is 11.3 Å². The number of benzene rings is 2. The van der Waals surface area contributed by atoms with Crippen molar-refractivity contribution >= 4 is 34.6 Å². The van der Waals surface area contributed by atoms with Crippen LogP contribution in [0, 0.1) is 10.7 Å². The number of carbonyl (C=O) groups excluding carboxylic acids is 1. The number of thioether (sulfide) groups is 1. The van der Waals surface area contributed by atoms with Crippen molar-refractivity contribution in [1.29, 1.82) is 5.26 Å². The molecule has 0 saturated carbocycles. The Morgan fingerprint density at radius 2 is 2.05 bits per heavy atom. The van der Waals surface area contributed by atoms with Crippen molar-refractivity contribution in [3.8, 4) is 5.40 Å². The van der Waals surface area contributed by atoms with Gasteiger partial charge in [-0.2, -0.15) is 5.26 Å². The van der Waals surface area contributed by atoms with Crippen LogP contribution in [-0.2, 0) is 9.53 Å². The number of fused-ring (bicyclic) bond motifs is 1. The van der Waals surface area contributed by atoms with Gasteiger partial charge in [-0.25, -0.2) is 4.79 Å². The largest absolute Gasteiger partial charge is 0.466 e. The van der Waals surface area contributed by atoms with Crippen molar-refractivity contribution in [2.24, 2.45) is 0 Å². The number of thiocyanates is 1. The first kappa shape index (κ1) is 14.2. The van der Waals surface area contributed by atoms with E-state index in [2.05, 4.69) is 0 Å². The molecule has 0 heterocycles. The fourth-order valence-electron chi connectivity index (χ4n) is 1.96. The second kappa shape index (κ2) is 6.78. The van der Waals surface area contributed by atoms with Crippen molar-refractivity contribution in [2.45, 2.75) is 0 Å². The van der Waals surface area contributed by atoms with Crippen LogP contribution in [0.5, 0.6) is 0 Å². The van der Waals surface area contributed by atoms with E-state index in [9.17, 15) is 4.79 Å². The lowest BCUT2D eigenvalue weighted by Crippen LogP contribution is -2.06. The molecule has 100 valence electrons. The van der Waals surface area contributed by atoms with Gasteiger partial charge in [0.25, 0.3) is 0 Å². The molecule has 0 amide bonds. The zero-order valence-electron chi connectivity index (χ0n) is 11.0. The molecule has 0 spiro atoms. The maximum atomic E-state index is 11.7. The van der Waals surface area contributed by atoms with E-state index < -0.39 is 5.97 Å². The Kier molecular flexibility index (Phi) is 4.80. The van der Waals surface area contributed by atoms with Gasteiger partial charge in [0, 0.05) is 11.3 Å². The van der Waals surface area contributed by atoms with E-state index in [1.165, 1.54) is 7.11 Å². The number of methoxy groups -OCH3 is 1. The number of ether oxygens (including phenoxy) is 1. The topological polar surface area (TPSA) is 50.1 Å². The molecule has 0 unspecified atom stereocenters. The highest BCUT2D eigenvalue weighted by molar-refractivity contribution is 8.03. The quantitative estimate of drug-likeness (QED) is 0.488. The summed E-state index contributed by atoms with van der Waals surface area (Å²) in [5.41, 5.74) is 1.43. The molecule has 0 aliphatic heterocycles. The molecule has 0 aromatic heterocycles. The Morgan fingerprint density at radius 1 is 1.30 bits per heavy atom. The molecule has 0 aliphatic carbocycles.